The Hall–Kier alpha value is -9.10. The summed E-state index contributed by atoms with van der Waals surface area (Å²) < 4.78 is 5.72. The first-order valence-electron chi connectivity index (χ1n) is 23.6. The van der Waals surface area contributed by atoms with Crippen molar-refractivity contribution in [2.75, 3.05) is 4.90 Å². The summed E-state index contributed by atoms with van der Waals surface area (Å²) in [6.07, 6.45) is 0. The highest BCUT2D eigenvalue weighted by molar-refractivity contribution is 7.22. The molecule has 0 spiro atoms. The highest BCUT2D eigenvalue weighted by Gasteiger charge is 2.22. The lowest BCUT2D eigenvalue weighted by Crippen LogP contribution is -2.09. The first-order chi connectivity index (χ1) is 34.7. The molecule has 0 saturated heterocycles. The minimum Gasteiger partial charge on any atom is -0.311 e. The van der Waals surface area contributed by atoms with Gasteiger partial charge in [-0.05, 0) is 118 Å². The molecule has 6 heteroatoms. The first-order valence-corrected chi connectivity index (χ1v) is 24.5. The van der Waals surface area contributed by atoms with Crippen LogP contribution in [0.4, 0.5) is 17.1 Å². The molecule has 10 aromatic carbocycles. The molecule has 0 fully saturated rings. The van der Waals surface area contributed by atoms with Gasteiger partial charge in [-0.2, -0.15) is 0 Å². The Morgan fingerprint density at radius 3 is 1.63 bits per heavy atom. The van der Waals surface area contributed by atoms with E-state index in [1.54, 1.807) is 11.3 Å². The van der Waals surface area contributed by atoms with E-state index in [-0.39, 0.29) is 0 Å². The largest absolute Gasteiger partial charge is 0.311 e. The first kappa shape index (κ1) is 40.0. The summed E-state index contributed by atoms with van der Waals surface area (Å²) >= 11 is 1.75. The molecule has 0 amide bonds. The zero-order valence-corrected chi connectivity index (χ0v) is 38.6. The fourth-order valence-electron chi connectivity index (χ4n) is 10.4. The van der Waals surface area contributed by atoms with Crippen LogP contribution >= 0.6 is 11.3 Å². The van der Waals surface area contributed by atoms with Crippen molar-refractivity contribution >= 4 is 93.0 Å². The predicted octanol–water partition coefficient (Wildman–Crippen LogP) is 17.5. The van der Waals surface area contributed by atoms with Gasteiger partial charge in [-0.15, -0.1) is 11.3 Å². The summed E-state index contributed by atoms with van der Waals surface area (Å²) in [5.41, 5.74) is 15.2. The fourth-order valence-corrected chi connectivity index (χ4v) is 11.5. The Morgan fingerprint density at radius 2 is 0.886 bits per heavy atom. The summed E-state index contributed by atoms with van der Waals surface area (Å²) in [5.74, 6) is 0.635. The van der Waals surface area contributed by atoms with Crippen molar-refractivity contribution in [2.45, 2.75) is 0 Å². The number of hydrogen-bond acceptors (Lipinski definition) is 4. The fraction of sp³-hybridized carbons (Fsp3) is 0. The van der Waals surface area contributed by atoms with Gasteiger partial charge in [0.2, 0.25) is 5.95 Å². The molecule has 0 radical (unpaired) electrons. The van der Waals surface area contributed by atoms with Crippen LogP contribution in [0.5, 0.6) is 0 Å². The molecule has 0 atom stereocenters. The summed E-state index contributed by atoms with van der Waals surface area (Å²) in [5, 5.41) is 7.14. The summed E-state index contributed by atoms with van der Waals surface area (Å²) in [4.78, 5) is 14.5. The minimum atomic E-state index is 0.635. The number of para-hydroxylation sites is 4. The second-order valence-electron chi connectivity index (χ2n) is 17.8. The van der Waals surface area contributed by atoms with Gasteiger partial charge in [0.15, 0.2) is 0 Å². The summed E-state index contributed by atoms with van der Waals surface area (Å²) in [7, 11) is 0. The van der Waals surface area contributed by atoms with E-state index in [0.717, 1.165) is 87.6 Å². The van der Waals surface area contributed by atoms with Gasteiger partial charge >= 0.3 is 0 Å². The molecule has 70 heavy (non-hydrogen) atoms. The standard InChI is InChI=1S/C64H41N5S/c1-5-17-42(18-6-1)61-41-56-63(70-61)62(43-29-33-51(34-30-43)67(48-21-7-2-8-22-48)49-23-9-3-10-24-49)66-64(65-56)69-58-36-32-46(38-54(58)55-37-44-19-13-14-20-45(44)39-60(55)69)47-31-35-53-52-27-15-16-28-57(52)68(59(53)40-47)50-25-11-4-12-26-50/h1-41H. The Kier molecular flexibility index (Phi) is 9.32. The molecule has 4 aromatic heterocycles. The van der Waals surface area contributed by atoms with Crippen LogP contribution in [-0.4, -0.2) is 19.1 Å². The smallest absolute Gasteiger partial charge is 0.235 e. The molecule has 0 aliphatic heterocycles. The van der Waals surface area contributed by atoms with Gasteiger partial charge in [0, 0.05) is 54.7 Å². The molecule has 5 nitrogen and oxygen atoms in total. The van der Waals surface area contributed by atoms with Gasteiger partial charge in [-0.3, -0.25) is 4.57 Å². The number of hydrogen-bond donors (Lipinski definition) is 0. The quantitative estimate of drug-likeness (QED) is 0.152. The lowest BCUT2D eigenvalue weighted by atomic mass is 10.0. The Bertz CT molecular complexity index is 4230. The number of benzene rings is 10. The van der Waals surface area contributed by atoms with Crippen molar-refractivity contribution in [1.82, 2.24) is 19.1 Å². The third kappa shape index (κ3) is 6.61. The van der Waals surface area contributed by atoms with Crippen LogP contribution in [0.25, 0.3) is 109 Å². The van der Waals surface area contributed by atoms with Gasteiger partial charge in [-0.25, -0.2) is 9.97 Å². The summed E-state index contributed by atoms with van der Waals surface area (Å²) in [6, 6.07) is 89.2. The maximum Gasteiger partial charge on any atom is 0.235 e. The molecule has 14 aromatic rings. The summed E-state index contributed by atoms with van der Waals surface area (Å²) in [6.45, 7) is 0. The minimum absolute atomic E-state index is 0.635. The number of anilines is 3. The number of nitrogens with zero attached hydrogens (tertiary/aromatic N) is 5. The van der Waals surface area contributed by atoms with E-state index in [4.69, 9.17) is 9.97 Å². The number of rotatable bonds is 8. The van der Waals surface area contributed by atoms with E-state index in [1.165, 1.54) is 32.6 Å². The predicted molar refractivity (Wildman–Crippen MR) is 295 cm³/mol. The molecule has 0 aliphatic rings. The van der Waals surface area contributed by atoms with E-state index >= 15 is 0 Å². The van der Waals surface area contributed by atoms with Crippen molar-refractivity contribution in [3.05, 3.63) is 249 Å². The molecular weight excluding hydrogens is 871 g/mol. The van der Waals surface area contributed by atoms with Gasteiger partial charge in [0.1, 0.15) is 0 Å². The van der Waals surface area contributed by atoms with Crippen LogP contribution in [-0.2, 0) is 0 Å². The Balaban J connectivity index is 0.969. The lowest BCUT2D eigenvalue weighted by Gasteiger charge is -2.25. The van der Waals surface area contributed by atoms with Gasteiger partial charge < -0.3 is 9.47 Å². The Morgan fingerprint density at radius 1 is 0.343 bits per heavy atom. The molecule has 0 bridgehead atoms. The maximum absolute atomic E-state index is 5.61. The molecule has 328 valence electrons. The van der Waals surface area contributed by atoms with Crippen LogP contribution in [0.15, 0.2) is 249 Å². The maximum atomic E-state index is 5.61. The van der Waals surface area contributed by atoms with Gasteiger partial charge in [0.05, 0.1) is 38.0 Å². The van der Waals surface area contributed by atoms with E-state index in [0.29, 0.717) is 5.95 Å². The third-order valence-corrected chi connectivity index (χ3v) is 14.9. The number of thiophene rings is 1. The van der Waals surface area contributed by atoms with E-state index < -0.39 is 0 Å². The van der Waals surface area contributed by atoms with Crippen LogP contribution in [0.3, 0.4) is 0 Å². The normalized spacial score (nSPS) is 11.7. The highest BCUT2D eigenvalue weighted by atomic mass is 32.1. The van der Waals surface area contributed by atoms with Crippen LogP contribution in [0.2, 0.25) is 0 Å². The van der Waals surface area contributed by atoms with Crippen LogP contribution < -0.4 is 4.90 Å². The zero-order chi connectivity index (χ0) is 46.1. The van der Waals surface area contributed by atoms with Crippen LogP contribution in [0.1, 0.15) is 0 Å². The molecule has 14 rings (SSSR count). The van der Waals surface area contributed by atoms with Crippen molar-refractivity contribution < 1.29 is 0 Å². The third-order valence-electron chi connectivity index (χ3n) is 13.7. The van der Waals surface area contributed by atoms with Crippen molar-refractivity contribution in [1.29, 1.82) is 0 Å². The number of aromatic nitrogens is 4. The van der Waals surface area contributed by atoms with E-state index in [9.17, 15) is 0 Å². The van der Waals surface area contributed by atoms with Crippen molar-refractivity contribution in [3.63, 3.8) is 0 Å². The molecule has 0 saturated carbocycles. The molecule has 0 unspecified atom stereocenters. The average molecular weight is 912 g/mol. The van der Waals surface area contributed by atoms with E-state index in [1.807, 2.05) is 0 Å². The topological polar surface area (TPSA) is 38.9 Å². The molecule has 0 aliphatic carbocycles. The lowest BCUT2D eigenvalue weighted by molar-refractivity contribution is 1.02. The second-order valence-corrected chi connectivity index (χ2v) is 18.9. The second kappa shape index (κ2) is 16.3. The number of fused-ring (bicyclic) bond motifs is 8. The Labute approximate surface area is 408 Å². The SMILES string of the molecule is c1ccc(-c2cc3nc(-n4c5ccc(-c6ccc7c8ccccc8n(-c8ccccc8)c7c6)cc5c5cc6ccccc6cc54)nc(-c4ccc(N(c5ccccc5)c5ccccc5)cc4)c3s2)cc1. The zero-order valence-electron chi connectivity index (χ0n) is 37.8. The average Bonchev–Trinajstić information content (AvgIpc) is 4.11. The van der Waals surface area contributed by atoms with Gasteiger partial charge in [0.25, 0.3) is 0 Å². The van der Waals surface area contributed by atoms with Crippen LogP contribution in [0, 0.1) is 0 Å². The molecule has 0 N–H and O–H groups in total. The molecule has 4 heterocycles. The highest BCUT2D eigenvalue weighted by Crippen LogP contribution is 2.43. The monoisotopic (exact) mass is 911 g/mol. The van der Waals surface area contributed by atoms with Gasteiger partial charge in [-0.1, -0.05) is 158 Å². The van der Waals surface area contributed by atoms with Crippen molar-refractivity contribution in [3.8, 4) is 44.5 Å². The van der Waals surface area contributed by atoms with E-state index in [2.05, 4.69) is 263 Å². The molecular formula is C64H41N5S. The van der Waals surface area contributed by atoms with Crippen molar-refractivity contribution in [2.24, 2.45) is 0 Å².